The summed E-state index contributed by atoms with van der Waals surface area (Å²) >= 11 is 0. The summed E-state index contributed by atoms with van der Waals surface area (Å²) in [5.74, 6) is -2.61. The van der Waals surface area contributed by atoms with E-state index in [9.17, 15) is 14.0 Å². The summed E-state index contributed by atoms with van der Waals surface area (Å²) in [5, 5.41) is 11.4. The number of amides is 1. The zero-order chi connectivity index (χ0) is 13.7. The Balaban J connectivity index is 2.82. The van der Waals surface area contributed by atoms with E-state index in [4.69, 9.17) is 5.11 Å². The number of carboxylic acid groups (broad SMARTS) is 1. The molecule has 1 rings (SSSR count). The first kappa shape index (κ1) is 14.1. The van der Waals surface area contributed by atoms with E-state index >= 15 is 0 Å². The molecule has 0 fully saturated rings. The fraction of sp³-hybridized carbons (Fsp3) is 0.417. The van der Waals surface area contributed by atoms with E-state index < -0.39 is 23.7 Å². The molecular weight excluding hydrogens is 239 g/mol. The molecular formula is C12H15FN2O3. The van der Waals surface area contributed by atoms with Gasteiger partial charge in [0.05, 0.1) is 11.8 Å². The molecule has 1 heterocycles. The fourth-order valence-electron chi connectivity index (χ4n) is 1.44. The number of carboxylic acids is 1. The summed E-state index contributed by atoms with van der Waals surface area (Å²) in [7, 11) is 0. The third kappa shape index (κ3) is 3.51. The van der Waals surface area contributed by atoms with Crippen molar-refractivity contribution in [1.29, 1.82) is 0 Å². The van der Waals surface area contributed by atoms with E-state index in [2.05, 4.69) is 10.3 Å². The summed E-state index contributed by atoms with van der Waals surface area (Å²) in [6.07, 6.45) is 2.77. The summed E-state index contributed by atoms with van der Waals surface area (Å²) < 4.78 is 12.9. The molecule has 0 saturated carbocycles. The molecule has 98 valence electrons. The Kier molecular flexibility index (Phi) is 4.76. The first-order chi connectivity index (χ1) is 8.45. The van der Waals surface area contributed by atoms with Gasteiger partial charge in [0, 0.05) is 6.20 Å². The predicted molar refractivity (Wildman–Crippen MR) is 62.5 cm³/mol. The van der Waals surface area contributed by atoms with Gasteiger partial charge in [-0.3, -0.25) is 9.78 Å². The van der Waals surface area contributed by atoms with Crippen molar-refractivity contribution < 1.29 is 19.1 Å². The molecule has 0 aliphatic heterocycles. The number of carbonyl (C=O) groups is 2. The summed E-state index contributed by atoms with van der Waals surface area (Å²) in [6, 6.07) is 0.0171. The van der Waals surface area contributed by atoms with E-state index in [0.29, 0.717) is 6.42 Å². The van der Waals surface area contributed by atoms with Gasteiger partial charge >= 0.3 is 5.97 Å². The van der Waals surface area contributed by atoms with E-state index in [1.54, 1.807) is 6.92 Å². The minimum atomic E-state index is -1.11. The van der Waals surface area contributed by atoms with Gasteiger partial charge in [-0.05, 0) is 12.0 Å². The van der Waals surface area contributed by atoms with Gasteiger partial charge < -0.3 is 10.4 Å². The highest BCUT2D eigenvalue weighted by Gasteiger charge is 2.25. The van der Waals surface area contributed by atoms with Gasteiger partial charge in [-0.1, -0.05) is 20.3 Å². The minimum absolute atomic E-state index is 0.00422. The fourth-order valence-corrected chi connectivity index (χ4v) is 1.44. The van der Waals surface area contributed by atoms with Crippen molar-refractivity contribution in [2.75, 3.05) is 0 Å². The summed E-state index contributed by atoms with van der Waals surface area (Å²) in [5.41, 5.74) is 0.00422. The maximum absolute atomic E-state index is 12.9. The van der Waals surface area contributed by atoms with Gasteiger partial charge in [-0.2, -0.15) is 0 Å². The van der Waals surface area contributed by atoms with Gasteiger partial charge in [0.2, 0.25) is 0 Å². The Morgan fingerprint density at radius 3 is 2.67 bits per heavy atom. The van der Waals surface area contributed by atoms with Crippen molar-refractivity contribution >= 4 is 11.9 Å². The molecule has 0 aliphatic carbocycles. The zero-order valence-corrected chi connectivity index (χ0v) is 10.2. The first-order valence-electron chi connectivity index (χ1n) is 5.60. The number of hydrogen-bond acceptors (Lipinski definition) is 3. The van der Waals surface area contributed by atoms with Crippen LogP contribution in [0.2, 0.25) is 0 Å². The molecule has 0 aliphatic rings. The van der Waals surface area contributed by atoms with Crippen LogP contribution >= 0.6 is 0 Å². The molecule has 2 N–H and O–H groups in total. The van der Waals surface area contributed by atoms with Crippen LogP contribution in [0.4, 0.5) is 4.39 Å². The highest BCUT2D eigenvalue weighted by Crippen LogP contribution is 2.09. The van der Waals surface area contributed by atoms with Gasteiger partial charge in [-0.15, -0.1) is 0 Å². The summed E-state index contributed by atoms with van der Waals surface area (Å²) in [6.45, 7) is 3.55. The van der Waals surface area contributed by atoms with Crippen LogP contribution in [0.15, 0.2) is 18.5 Å². The van der Waals surface area contributed by atoms with E-state index in [-0.39, 0.29) is 11.5 Å². The van der Waals surface area contributed by atoms with Gasteiger partial charge in [-0.25, -0.2) is 9.18 Å². The molecule has 0 saturated heterocycles. The Hall–Kier alpha value is -1.98. The van der Waals surface area contributed by atoms with E-state index in [0.717, 1.165) is 12.3 Å². The second-order valence-corrected chi connectivity index (χ2v) is 4.07. The normalized spacial score (nSPS) is 13.7. The number of aromatic nitrogens is 1. The Morgan fingerprint density at radius 1 is 1.50 bits per heavy atom. The highest BCUT2D eigenvalue weighted by atomic mass is 19.1. The van der Waals surface area contributed by atoms with Gasteiger partial charge in [0.25, 0.3) is 5.91 Å². The molecule has 1 aromatic heterocycles. The van der Waals surface area contributed by atoms with E-state index in [1.165, 1.54) is 6.20 Å². The number of carbonyl (C=O) groups excluding carboxylic acids is 1. The van der Waals surface area contributed by atoms with Crippen molar-refractivity contribution in [2.45, 2.75) is 26.3 Å². The smallest absolute Gasteiger partial charge is 0.326 e. The van der Waals surface area contributed by atoms with E-state index in [1.807, 2.05) is 6.92 Å². The second-order valence-electron chi connectivity index (χ2n) is 4.07. The Bertz CT molecular complexity index is 451. The molecule has 5 nitrogen and oxygen atoms in total. The number of hydrogen-bond donors (Lipinski definition) is 2. The maximum Gasteiger partial charge on any atom is 0.326 e. The van der Waals surface area contributed by atoms with Crippen molar-refractivity contribution in [3.8, 4) is 0 Å². The monoisotopic (exact) mass is 254 g/mol. The number of nitrogens with zero attached hydrogens (tertiary/aromatic N) is 1. The van der Waals surface area contributed by atoms with Crippen molar-refractivity contribution in [2.24, 2.45) is 5.92 Å². The number of pyridine rings is 1. The van der Waals surface area contributed by atoms with Crippen LogP contribution in [-0.4, -0.2) is 28.0 Å². The van der Waals surface area contributed by atoms with Crippen LogP contribution in [0.25, 0.3) is 0 Å². The van der Waals surface area contributed by atoms with Crippen LogP contribution in [0, 0.1) is 11.7 Å². The standard InChI is InChI=1S/C12H15FN2O3/c1-3-7(2)10(12(17)18)15-11(16)8-4-9(13)6-14-5-8/h4-7,10H,3H2,1-2H3,(H,15,16)(H,17,18)/t7?,10-/m0/s1. The number of rotatable bonds is 5. The maximum atomic E-state index is 12.9. The molecule has 0 bridgehead atoms. The van der Waals surface area contributed by atoms with Crippen molar-refractivity contribution in [1.82, 2.24) is 10.3 Å². The van der Waals surface area contributed by atoms with Gasteiger partial charge in [0.15, 0.2) is 0 Å². The molecule has 2 atom stereocenters. The lowest BCUT2D eigenvalue weighted by Crippen LogP contribution is -2.45. The van der Waals surface area contributed by atoms with Crippen LogP contribution in [0.1, 0.15) is 30.6 Å². The molecule has 18 heavy (non-hydrogen) atoms. The average Bonchev–Trinajstić information content (AvgIpc) is 2.34. The van der Waals surface area contributed by atoms with Crippen molar-refractivity contribution in [3.05, 3.63) is 29.8 Å². The lowest BCUT2D eigenvalue weighted by atomic mass is 9.99. The molecule has 1 unspecified atom stereocenters. The lowest BCUT2D eigenvalue weighted by molar-refractivity contribution is -0.140. The predicted octanol–water partition coefficient (Wildman–Crippen LogP) is 1.45. The Morgan fingerprint density at radius 2 is 2.17 bits per heavy atom. The third-order valence-electron chi connectivity index (χ3n) is 2.73. The molecule has 1 amide bonds. The van der Waals surface area contributed by atoms with Crippen LogP contribution in [-0.2, 0) is 4.79 Å². The molecule has 0 radical (unpaired) electrons. The number of nitrogens with one attached hydrogen (secondary N) is 1. The largest absolute Gasteiger partial charge is 0.480 e. The minimum Gasteiger partial charge on any atom is -0.480 e. The highest BCUT2D eigenvalue weighted by molar-refractivity contribution is 5.96. The quantitative estimate of drug-likeness (QED) is 0.833. The van der Waals surface area contributed by atoms with Crippen molar-refractivity contribution in [3.63, 3.8) is 0 Å². The van der Waals surface area contributed by atoms with Crippen LogP contribution < -0.4 is 5.32 Å². The third-order valence-corrected chi connectivity index (χ3v) is 2.73. The Labute approximate surface area is 104 Å². The topological polar surface area (TPSA) is 79.3 Å². The lowest BCUT2D eigenvalue weighted by Gasteiger charge is -2.19. The zero-order valence-electron chi connectivity index (χ0n) is 10.2. The molecule has 1 aromatic rings. The average molecular weight is 254 g/mol. The molecule has 0 spiro atoms. The van der Waals surface area contributed by atoms with Crippen LogP contribution in [0.3, 0.4) is 0 Å². The van der Waals surface area contributed by atoms with Gasteiger partial charge in [0.1, 0.15) is 11.9 Å². The SMILES string of the molecule is CCC(C)[C@H](NC(=O)c1cncc(F)c1)C(=O)O. The molecule has 0 aromatic carbocycles. The first-order valence-corrected chi connectivity index (χ1v) is 5.60. The molecule has 6 heteroatoms. The van der Waals surface area contributed by atoms with Crippen LogP contribution in [0.5, 0.6) is 0 Å². The summed E-state index contributed by atoms with van der Waals surface area (Å²) in [4.78, 5) is 26.3. The second kappa shape index (κ2) is 6.09. The number of aliphatic carboxylic acids is 1. The number of halogens is 1.